The van der Waals surface area contributed by atoms with E-state index in [1.165, 1.54) is 24.1 Å². The van der Waals surface area contributed by atoms with Gasteiger partial charge < -0.3 is 10.2 Å². The van der Waals surface area contributed by atoms with Gasteiger partial charge in [-0.15, -0.1) is 0 Å². The summed E-state index contributed by atoms with van der Waals surface area (Å²) < 4.78 is 0. The average molecular weight is 246 g/mol. The molecule has 0 aliphatic heterocycles. The summed E-state index contributed by atoms with van der Waals surface area (Å²) in [6.45, 7) is 10.00. The Morgan fingerprint density at radius 2 is 2.06 bits per heavy atom. The van der Waals surface area contributed by atoms with Crippen LogP contribution in [-0.2, 0) is 0 Å². The van der Waals surface area contributed by atoms with E-state index in [4.69, 9.17) is 0 Å². The van der Waals surface area contributed by atoms with Crippen molar-refractivity contribution in [1.29, 1.82) is 0 Å². The molecule has 0 amide bonds. The number of para-hydroxylation sites is 1. The van der Waals surface area contributed by atoms with E-state index in [0.29, 0.717) is 6.04 Å². The molecule has 0 spiro atoms. The number of likely N-dealkylation sites (N-methyl/N-ethyl adjacent to an activating group) is 1. The molecule has 1 fully saturated rings. The minimum atomic E-state index is 0.695. The van der Waals surface area contributed by atoms with Crippen LogP contribution in [0.1, 0.15) is 32.3 Å². The normalized spacial score (nSPS) is 16.6. The first-order valence-electron chi connectivity index (χ1n) is 7.26. The lowest BCUT2D eigenvalue weighted by Gasteiger charge is -2.26. The van der Waals surface area contributed by atoms with Gasteiger partial charge in [0.25, 0.3) is 0 Å². The van der Waals surface area contributed by atoms with E-state index in [0.717, 1.165) is 25.6 Å². The van der Waals surface area contributed by atoms with Crippen LogP contribution in [0.5, 0.6) is 0 Å². The molecule has 1 N–H and O–H groups in total. The maximum absolute atomic E-state index is 3.66. The van der Waals surface area contributed by atoms with Crippen molar-refractivity contribution in [2.45, 2.75) is 39.7 Å². The van der Waals surface area contributed by atoms with Gasteiger partial charge in [-0.1, -0.05) is 18.2 Å². The molecule has 1 aromatic carbocycles. The zero-order valence-electron chi connectivity index (χ0n) is 11.9. The fourth-order valence-corrected chi connectivity index (χ4v) is 2.56. The molecule has 1 saturated carbocycles. The SMILES string of the molecule is CCN(CCNC(C)C1CC1)c1ccccc1C. The van der Waals surface area contributed by atoms with Crippen molar-refractivity contribution >= 4 is 5.69 Å². The minimum absolute atomic E-state index is 0.695. The molecule has 1 atom stereocenters. The van der Waals surface area contributed by atoms with Gasteiger partial charge in [0.15, 0.2) is 0 Å². The van der Waals surface area contributed by atoms with E-state index in [1.54, 1.807) is 0 Å². The van der Waals surface area contributed by atoms with Gasteiger partial charge in [-0.2, -0.15) is 0 Å². The lowest BCUT2D eigenvalue weighted by atomic mass is 10.2. The molecule has 100 valence electrons. The minimum Gasteiger partial charge on any atom is -0.370 e. The molecule has 0 bridgehead atoms. The first kappa shape index (κ1) is 13.4. The zero-order chi connectivity index (χ0) is 13.0. The van der Waals surface area contributed by atoms with Crippen LogP contribution < -0.4 is 10.2 Å². The second-order valence-electron chi connectivity index (χ2n) is 5.45. The van der Waals surface area contributed by atoms with Crippen molar-refractivity contribution in [3.05, 3.63) is 29.8 Å². The monoisotopic (exact) mass is 246 g/mol. The largest absolute Gasteiger partial charge is 0.370 e. The van der Waals surface area contributed by atoms with Crippen LogP contribution in [-0.4, -0.2) is 25.7 Å². The standard InChI is InChI=1S/C16H26N2/c1-4-18(16-8-6-5-7-13(16)2)12-11-17-14(3)15-9-10-15/h5-8,14-15,17H,4,9-12H2,1-3H3. The second kappa shape index (κ2) is 6.24. The summed E-state index contributed by atoms with van der Waals surface area (Å²) in [4.78, 5) is 2.46. The first-order valence-corrected chi connectivity index (χ1v) is 7.26. The van der Waals surface area contributed by atoms with Gasteiger partial charge in [0.1, 0.15) is 0 Å². The molecule has 1 aliphatic rings. The van der Waals surface area contributed by atoms with E-state index in [9.17, 15) is 0 Å². The van der Waals surface area contributed by atoms with Gasteiger partial charge in [0.2, 0.25) is 0 Å². The predicted molar refractivity (Wildman–Crippen MR) is 79.3 cm³/mol. The summed E-state index contributed by atoms with van der Waals surface area (Å²) in [6, 6.07) is 9.35. The van der Waals surface area contributed by atoms with Crippen LogP contribution in [0.4, 0.5) is 5.69 Å². The molecule has 1 unspecified atom stereocenters. The second-order valence-corrected chi connectivity index (χ2v) is 5.45. The molecule has 2 heteroatoms. The zero-order valence-corrected chi connectivity index (χ0v) is 11.9. The predicted octanol–water partition coefficient (Wildman–Crippen LogP) is 3.21. The Morgan fingerprint density at radius 3 is 2.67 bits per heavy atom. The fourth-order valence-electron chi connectivity index (χ4n) is 2.56. The van der Waals surface area contributed by atoms with Crippen LogP contribution in [0.15, 0.2) is 24.3 Å². The van der Waals surface area contributed by atoms with Crippen molar-refractivity contribution in [2.75, 3.05) is 24.5 Å². The van der Waals surface area contributed by atoms with E-state index in [1.807, 2.05) is 0 Å². The van der Waals surface area contributed by atoms with Crippen molar-refractivity contribution in [3.63, 3.8) is 0 Å². The average Bonchev–Trinajstić information content (AvgIpc) is 3.20. The number of rotatable bonds is 7. The Balaban J connectivity index is 1.83. The quantitative estimate of drug-likeness (QED) is 0.795. The van der Waals surface area contributed by atoms with Crippen LogP contribution in [0.2, 0.25) is 0 Å². The Labute approximate surface area is 111 Å². The lowest BCUT2D eigenvalue weighted by Crippen LogP contribution is -2.37. The first-order chi connectivity index (χ1) is 8.72. The molecule has 1 aliphatic carbocycles. The molecular formula is C16H26N2. The fraction of sp³-hybridized carbons (Fsp3) is 0.625. The molecule has 2 rings (SSSR count). The van der Waals surface area contributed by atoms with Crippen LogP contribution in [0.3, 0.4) is 0 Å². The number of hydrogen-bond acceptors (Lipinski definition) is 2. The van der Waals surface area contributed by atoms with E-state index >= 15 is 0 Å². The highest BCUT2D eigenvalue weighted by Crippen LogP contribution is 2.32. The van der Waals surface area contributed by atoms with Crippen LogP contribution >= 0.6 is 0 Å². The number of anilines is 1. The van der Waals surface area contributed by atoms with Gasteiger partial charge in [-0.3, -0.25) is 0 Å². The van der Waals surface area contributed by atoms with Gasteiger partial charge in [0, 0.05) is 31.4 Å². The highest BCUT2D eigenvalue weighted by atomic mass is 15.1. The summed E-state index contributed by atoms with van der Waals surface area (Å²) in [5.41, 5.74) is 2.75. The Bertz CT molecular complexity index is 371. The number of benzene rings is 1. The third-order valence-electron chi connectivity index (χ3n) is 4.02. The number of nitrogens with zero attached hydrogens (tertiary/aromatic N) is 1. The van der Waals surface area contributed by atoms with Gasteiger partial charge in [-0.05, 0) is 51.2 Å². The van der Waals surface area contributed by atoms with Crippen LogP contribution in [0.25, 0.3) is 0 Å². The topological polar surface area (TPSA) is 15.3 Å². The van der Waals surface area contributed by atoms with Gasteiger partial charge >= 0.3 is 0 Å². The third-order valence-corrected chi connectivity index (χ3v) is 4.02. The molecule has 0 radical (unpaired) electrons. The molecule has 1 aromatic rings. The number of nitrogens with one attached hydrogen (secondary N) is 1. The smallest absolute Gasteiger partial charge is 0.0396 e. The summed E-state index contributed by atoms with van der Waals surface area (Å²) in [5, 5.41) is 3.66. The lowest BCUT2D eigenvalue weighted by molar-refractivity contribution is 0.498. The molecule has 18 heavy (non-hydrogen) atoms. The molecule has 2 nitrogen and oxygen atoms in total. The molecular weight excluding hydrogens is 220 g/mol. The summed E-state index contributed by atoms with van der Waals surface area (Å²) in [7, 11) is 0. The summed E-state index contributed by atoms with van der Waals surface area (Å²) in [5.74, 6) is 0.943. The number of aryl methyl sites for hydroxylation is 1. The van der Waals surface area contributed by atoms with Gasteiger partial charge in [0.05, 0.1) is 0 Å². The summed E-state index contributed by atoms with van der Waals surface area (Å²) in [6.07, 6.45) is 2.84. The van der Waals surface area contributed by atoms with Crippen molar-refractivity contribution < 1.29 is 0 Å². The Hall–Kier alpha value is -1.02. The van der Waals surface area contributed by atoms with Crippen molar-refractivity contribution in [2.24, 2.45) is 5.92 Å². The maximum Gasteiger partial charge on any atom is 0.0396 e. The van der Waals surface area contributed by atoms with Crippen molar-refractivity contribution in [3.8, 4) is 0 Å². The van der Waals surface area contributed by atoms with E-state index in [-0.39, 0.29) is 0 Å². The Kier molecular flexibility index (Phi) is 4.65. The molecule has 0 saturated heterocycles. The van der Waals surface area contributed by atoms with Crippen LogP contribution in [0, 0.1) is 12.8 Å². The number of hydrogen-bond donors (Lipinski definition) is 1. The molecule has 0 heterocycles. The van der Waals surface area contributed by atoms with Crippen molar-refractivity contribution in [1.82, 2.24) is 5.32 Å². The molecule has 0 aromatic heterocycles. The highest BCUT2D eigenvalue weighted by Gasteiger charge is 2.27. The Morgan fingerprint density at radius 1 is 1.33 bits per heavy atom. The van der Waals surface area contributed by atoms with Gasteiger partial charge in [-0.25, -0.2) is 0 Å². The maximum atomic E-state index is 3.66. The van der Waals surface area contributed by atoms with E-state index in [2.05, 4.69) is 55.3 Å². The highest BCUT2D eigenvalue weighted by molar-refractivity contribution is 5.52. The summed E-state index contributed by atoms with van der Waals surface area (Å²) >= 11 is 0. The third kappa shape index (κ3) is 3.49. The van der Waals surface area contributed by atoms with E-state index < -0.39 is 0 Å².